The molecule has 1 aromatic heterocycles. The van der Waals surface area contributed by atoms with Gasteiger partial charge in [0.15, 0.2) is 0 Å². The second kappa shape index (κ2) is 7.25. The number of hydrogen-bond donors (Lipinski definition) is 0. The Hall–Kier alpha value is -2.51. The lowest BCUT2D eigenvalue weighted by Crippen LogP contribution is -2.38. The van der Waals surface area contributed by atoms with Crippen molar-refractivity contribution < 1.29 is 12.9 Å². The van der Waals surface area contributed by atoms with Crippen LogP contribution >= 0.6 is 0 Å². The van der Waals surface area contributed by atoms with Crippen LogP contribution in [0.3, 0.4) is 0 Å². The van der Waals surface area contributed by atoms with Crippen LogP contribution in [0.25, 0.3) is 11.4 Å². The van der Waals surface area contributed by atoms with E-state index in [9.17, 15) is 8.42 Å². The van der Waals surface area contributed by atoms with Crippen molar-refractivity contribution in [3.05, 3.63) is 66.1 Å². The molecule has 3 aromatic rings. The fraction of sp³-hybridized carbons (Fsp3) is 0.300. The molecule has 0 bridgehead atoms. The molecule has 0 aliphatic carbocycles. The summed E-state index contributed by atoms with van der Waals surface area (Å²) in [6, 6.07) is 16.0. The van der Waals surface area contributed by atoms with Gasteiger partial charge < -0.3 is 4.52 Å². The van der Waals surface area contributed by atoms with Crippen LogP contribution in [0.2, 0.25) is 0 Å². The SMILES string of the molecule is Cc1ccc(S(=O)(=O)N2CCCCC2c2nc(-c3ccccc3)no2)cc1. The molecule has 7 heteroatoms. The summed E-state index contributed by atoms with van der Waals surface area (Å²) in [5.74, 6) is 0.827. The number of aryl methyl sites for hydroxylation is 1. The van der Waals surface area contributed by atoms with Crippen molar-refractivity contribution in [2.24, 2.45) is 0 Å². The molecule has 140 valence electrons. The Balaban J connectivity index is 1.67. The van der Waals surface area contributed by atoms with Crippen molar-refractivity contribution >= 4 is 10.0 Å². The van der Waals surface area contributed by atoms with Crippen LogP contribution < -0.4 is 0 Å². The predicted molar refractivity (Wildman–Crippen MR) is 101 cm³/mol. The smallest absolute Gasteiger partial charge is 0.245 e. The van der Waals surface area contributed by atoms with E-state index in [0.29, 0.717) is 29.6 Å². The van der Waals surface area contributed by atoms with E-state index in [0.717, 1.165) is 24.0 Å². The van der Waals surface area contributed by atoms with Crippen molar-refractivity contribution in [1.29, 1.82) is 0 Å². The molecular formula is C20H21N3O3S. The summed E-state index contributed by atoms with van der Waals surface area (Å²) in [5.41, 5.74) is 1.87. The molecule has 4 rings (SSSR count). The zero-order chi connectivity index (χ0) is 18.9. The summed E-state index contributed by atoms with van der Waals surface area (Å²) < 4.78 is 33.4. The van der Waals surface area contributed by atoms with E-state index in [-0.39, 0.29) is 0 Å². The monoisotopic (exact) mass is 383 g/mol. The topological polar surface area (TPSA) is 76.3 Å². The van der Waals surface area contributed by atoms with Crippen molar-refractivity contribution in [3.63, 3.8) is 0 Å². The maximum atomic E-state index is 13.2. The molecule has 1 unspecified atom stereocenters. The molecule has 1 fully saturated rings. The van der Waals surface area contributed by atoms with Crippen LogP contribution in [0.1, 0.15) is 36.8 Å². The molecule has 6 nitrogen and oxygen atoms in total. The zero-order valence-corrected chi connectivity index (χ0v) is 15.9. The van der Waals surface area contributed by atoms with Crippen molar-refractivity contribution in [2.75, 3.05) is 6.54 Å². The number of nitrogens with zero attached hydrogens (tertiary/aromatic N) is 3. The number of benzene rings is 2. The van der Waals surface area contributed by atoms with Crippen LogP contribution in [0, 0.1) is 6.92 Å². The highest BCUT2D eigenvalue weighted by Crippen LogP contribution is 2.35. The van der Waals surface area contributed by atoms with E-state index in [1.54, 1.807) is 12.1 Å². The fourth-order valence-electron chi connectivity index (χ4n) is 3.36. The van der Waals surface area contributed by atoms with E-state index >= 15 is 0 Å². The van der Waals surface area contributed by atoms with E-state index in [1.165, 1.54) is 4.31 Å². The minimum absolute atomic E-state index is 0.294. The van der Waals surface area contributed by atoms with Crippen molar-refractivity contribution in [1.82, 2.24) is 14.4 Å². The van der Waals surface area contributed by atoms with Gasteiger partial charge in [0.05, 0.1) is 4.90 Å². The summed E-state index contributed by atoms with van der Waals surface area (Å²) in [5, 5.41) is 4.05. The Kier molecular flexibility index (Phi) is 4.80. The van der Waals surface area contributed by atoms with Gasteiger partial charge in [0.1, 0.15) is 6.04 Å². The van der Waals surface area contributed by atoms with Crippen LogP contribution in [0.4, 0.5) is 0 Å². The second-order valence-electron chi connectivity index (χ2n) is 6.76. The fourth-order valence-corrected chi connectivity index (χ4v) is 5.01. The van der Waals surface area contributed by atoms with Gasteiger partial charge in [-0.25, -0.2) is 8.42 Å². The molecule has 1 aliphatic rings. The lowest BCUT2D eigenvalue weighted by atomic mass is 10.1. The largest absolute Gasteiger partial charge is 0.337 e. The number of hydrogen-bond acceptors (Lipinski definition) is 5. The summed E-state index contributed by atoms with van der Waals surface area (Å²) in [7, 11) is -3.63. The Labute approximate surface area is 158 Å². The Morgan fingerprint density at radius 2 is 1.78 bits per heavy atom. The van der Waals surface area contributed by atoms with Gasteiger partial charge in [-0.1, -0.05) is 59.6 Å². The van der Waals surface area contributed by atoms with Gasteiger partial charge >= 0.3 is 0 Å². The van der Waals surface area contributed by atoms with Gasteiger partial charge in [-0.2, -0.15) is 9.29 Å². The van der Waals surface area contributed by atoms with E-state index < -0.39 is 16.1 Å². The highest BCUT2D eigenvalue weighted by molar-refractivity contribution is 7.89. The molecule has 0 spiro atoms. The zero-order valence-electron chi connectivity index (χ0n) is 15.1. The Bertz CT molecular complexity index is 1010. The number of piperidine rings is 1. The van der Waals surface area contributed by atoms with E-state index in [4.69, 9.17) is 4.52 Å². The average Bonchev–Trinajstić information content (AvgIpc) is 3.19. The first-order chi connectivity index (χ1) is 13.1. The molecule has 1 atom stereocenters. The third kappa shape index (κ3) is 3.52. The van der Waals surface area contributed by atoms with Crippen LogP contribution in [-0.4, -0.2) is 29.4 Å². The third-order valence-electron chi connectivity index (χ3n) is 4.84. The number of aromatic nitrogens is 2. The van der Waals surface area contributed by atoms with Crippen molar-refractivity contribution in [2.45, 2.75) is 37.1 Å². The second-order valence-corrected chi connectivity index (χ2v) is 8.65. The number of sulfonamides is 1. The van der Waals surface area contributed by atoms with Crippen LogP contribution in [0.5, 0.6) is 0 Å². The van der Waals surface area contributed by atoms with Crippen LogP contribution in [0.15, 0.2) is 64.0 Å². The molecule has 2 aromatic carbocycles. The summed E-state index contributed by atoms with van der Waals surface area (Å²) in [4.78, 5) is 4.79. The Morgan fingerprint density at radius 1 is 1.04 bits per heavy atom. The highest BCUT2D eigenvalue weighted by atomic mass is 32.2. The van der Waals surface area contributed by atoms with Crippen molar-refractivity contribution in [3.8, 4) is 11.4 Å². The lowest BCUT2D eigenvalue weighted by molar-refractivity contribution is 0.204. The molecule has 0 saturated carbocycles. The molecular weight excluding hydrogens is 362 g/mol. The first-order valence-corrected chi connectivity index (χ1v) is 10.5. The molecule has 27 heavy (non-hydrogen) atoms. The summed E-state index contributed by atoms with van der Waals surface area (Å²) in [6.45, 7) is 2.38. The van der Waals surface area contributed by atoms with Gasteiger partial charge in [0.2, 0.25) is 21.7 Å². The summed E-state index contributed by atoms with van der Waals surface area (Å²) >= 11 is 0. The van der Waals surface area contributed by atoms with E-state index in [1.807, 2.05) is 49.4 Å². The quantitative estimate of drug-likeness (QED) is 0.681. The standard InChI is InChI=1S/C20H21N3O3S/c1-15-10-12-17(13-11-15)27(24,25)23-14-6-5-9-18(23)20-21-19(22-26-20)16-7-3-2-4-8-16/h2-4,7-8,10-13,18H,5-6,9,14H2,1H3. The van der Waals surface area contributed by atoms with Crippen LogP contribution in [-0.2, 0) is 10.0 Å². The minimum atomic E-state index is -3.63. The number of rotatable bonds is 4. The molecule has 0 N–H and O–H groups in total. The maximum absolute atomic E-state index is 13.2. The molecule has 2 heterocycles. The van der Waals surface area contributed by atoms with Gasteiger partial charge in [-0.3, -0.25) is 0 Å². The Morgan fingerprint density at radius 3 is 2.52 bits per heavy atom. The lowest BCUT2D eigenvalue weighted by Gasteiger charge is -2.32. The van der Waals surface area contributed by atoms with Gasteiger partial charge in [-0.15, -0.1) is 0 Å². The molecule has 1 saturated heterocycles. The van der Waals surface area contributed by atoms with Gasteiger partial charge in [0.25, 0.3) is 0 Å². The maximum Gasteiger partial charge on any atom is 0.245 e. The predicted octanol–water partition coefficient (Wildman–Crippen LogP) is 3.96. The first-order valence-electron chi connectivity index (χ1n) is 9.03. The third-order valence-corrected chi connectivity index (χ3v) is 6.76. The minimum Gasteiger partial charge on any atom is -0.337 e. The highest BCUT2D eigenvalue weighted by Gasteiger charge is 2.37. The van der Waals surface area contributed by atoms with Gasteiger partial charge in [-0.05, 0) is 31.9 Å². The normalized spacial score (nSPS) is 18.5. The first kappa shape index (κ1) is 17.9. The summed E-state index contributed by atoms with van der Waals surface area (Å²) in [6.07, 6.45) is 2.41. The van der Waals surface area contributed by atoms with E-state index in [2.05, 4.69) is 10.1 Å². The molecule has 0 amide bonds. The molecule has 1 aliphatic heterocycles. The average molecular weight is 383 g/mol. The van der Waals surface area contributed by atoms with Gasteiger partial charge in [0, 0.05) is 12.1 Å². The molecule has 0 radical (unpaired) electrons.